The standard InChI is InChI=1S/2C18H35N3O3S.C17H33N3/c2*1-17(2,3)14-16-15-21(20-19-16)8-9-23-10-11-24-12-13-25(7,22)18(4,5)6;1-16(2,3)11-7-8-13-20-14-15(18-19-20)10-9-12-17(4,5)6/h2*15H,7-14H2,1-6H3;14H,7-13H2,1-6H3. The van der Waals surface area contributed by atoms with Crippen molar-refractivity contribution in [1.82, 2.24) is 45.0 Å². The lowest BCUT2D eigenvalue weighted by molar-refractivity contribution is 0.0493. The lowest BCUT2D eigenvalue weighted by Gasteiger charge is -2.24. The van der Waals surface area contributed by atoms with Gasteiger partial charge in [-0.3, -0.25) is 13.1 Å². The Bertz CT molecular complexity index is 1960. The minimum Gasteiger partial charge on any atom is -0.378 e. The average Bonchev–Trinajstić information content (AvgIpc) is 3.95. The quantitative estimate of drug-likeness (QED) is 0.0526. The Morgan fingerprint density at radius 2 is 0.757 bits per heavy atom. The highest BCUT2D eigenvalue weighted by molar-refractivity contribution is 8.01. The molecule has 0 saturated heterocycles. The van der Waals surface area contributed by atoms with Crippen LogP contribution in [0.3, 0.4) is 0 Å². The van der Waals surface area contributed by atoms with Crippen molar-refractivity contribution in [2.24, 2.45) is 21.7 Å². The predicted octanol–water partition coefficient (Wildman–Crippen LogP) is 9.69. The van der Waals surface area contributed by atoms with E-state index in [1.807, 2.05) is 68.0 Å². The Kier molecular flexibility index (Phi) is 27.9. The van der Waals surface area contributed by atoms with Crippen molar-refractivity contribution in [1.29, 1.82) is 0 Å². The van der Waals surface area contributed by atoms with Gasteiger partial charge in [0.2, 0.25) is 0 Å². The molecule has 0 aliphatic rings. The number of ether oxygens (including phenoxy) is 4. The summed E-state index contributed by atoms with van der Waals surface area (Å²) in [6.45, 7) is 44.9. The molecule has 3 aromatic rings. The zero-order valence-corrected chi connectivity index (χ0v) is 49.4. The number of unbranched alkanes of at least 4 members (excludes halogenated alkanes) is 1. The van der Waals surface area contributed by atoms with Crippen LogP contribution in [0.4, 0.5) is 0 Å². The summed E-state index contributed by atoms with van der Waals surface area (Å²) in [7, 11) is -4.25. The van der Waals surface area contributed by atoms with Crippen molar-refractivity contribution in [3.8, 4) is 0 Å². The molecule has 0 spiro atoms. The Morgan fingerprint density at radius 3 is 1.11 bits per heavy atom. The maximum Gasteiger partial charge on any atom is 0.0832 e. The van der Waals surface area contributed by atoms with Gasteiger partial charge in [0.15, 0.2) is 0 Å². The van der Waals surface area contributed by atoms with Crippen LogP contribution < -0.4 is 0 Å². The van der Waals surface area contributed by atoms with Crippen LogP contribution in [-0.4, -0.2) is 139 Å². The maximum atomic E-state index is 12.4. The van der Waals surface area contributed by atoms with Gasteiger partial charge in [-0.1, -0.05) is 105 Å². The van der Waals surface area contributed by atoms with Crippen LogP contribution >= 0.6 is 0 Å². The first kappa shape index (κ1) is 65.3. The number of hydrogen-bond acceptors (Lipinski definition) is 12. The molecule has 2 atom stereocenters. The largest absolute Gasteiger partial charge is 0.378 e. The van der Waals surface area contributed by atoms with E-state index in [0.717, 1.165) is 42.9 Å². The zero-order chi connectivity index (χ0) is 53.5. The second-order valence-corrected chi connectivity index (χ2v) is 32.0. The number of aromatic nitrogens is 9. The molecule has 0 fully saturated rings. The third-order valence-corrected chi connectivity index (χ3v) is 17.2. The SMILES string of the molecule is C=S(=O)(CCOCCOCCn1cc(CC(C)(C)C)nn1)C(C)(C)C.C=S(=O)(CCOCCOCCn1cc(CC(C)(C)C)nn1)C(C)(C)C.CC(C)(C)CCCCn1cc(CCCC(C)(C)C)nn1. The molecule has 17 heteroatoms. The van der Waals surface area contributed by atoms with Crippen LogP contribution in [0.2, 0.25) is 0 Å². The van der Waals surface area contributed by atoms with E-state index in [4.69, 9.17) is 18.9 Å². The third-order valence-electron chi connectivity index (χ3n) is 11.1. The van der Waals surface area contributed by atoms with Crippen LogP contribution in [0.5, 0.6) is 0 Å². The van der Waals surface area contributed by atoms with Crippen LogP contribution in [0.25, 0.3) is 0 Å². The van der Waals surface area contributed by atoms with E-state index in [9.17, 15) is 8.42 Å². The highest BCUT2D eigenvalue weighted by atomic mass is 32.2. The number of hydrogen-bond donors (Lipinski definition) is 0. The zero-order valence-electron chi connectivity index (χ0n) is 47.8. The molecule has 408 valence electrons. The van der Waals surface area contributed by atoms with Gasteiger partial charge >= 0.3 is 0 Å². The molecule has 15 nitrogen and oxygen atoms in total. The third kappa shape index (κ3) is 32.4. The van der Waals surface area contributed by atoms with Crippen molar-refractivity contribution in [2.45, 2.75) is 205 Å². The summed E-state index contributed by atoms with van der Waals surface area (Å²) < 4.78 is 51.8. The molecule has 3 heterocycles. The molecule has 2 unspecified atom stereocenters. The van der Waals surface area contributed by atoms with Crippen LogP contribution in [-0.2, 0) is 76.9 Å². The van der Waals surface area contributed by atoms with Crippen molar-refractivity contribution < 1.29 is 27.4 Å². The van der Waals surface area contributed by atoms with E-state index in [1.165, 1.54) is 32.1 Å². The van der Waals surface area contributed by atoms with Gasteiger partial charge in [-0.25, -0.2) is 9.36 Å². The van der Waals surface area contributed by atoms with Gasteiger partial charge in [-0.05, 0) is 139 Å². The molecule has 0 N–H and O–H groups in total. The monoisotopic (exact) mass is 1030 g/mol. The summed E-state index contributed by atoms with van der Waals surface area (Å²) in [6, 6.07) is 0. The van der Waals surface area contributed by atoms with E-state index in [2.05, 4.69) is 132 Å². The van der Waals surface area contributed by atoms with Crippen molar-refractivity contribution in [3.05, 3.63) is 35.7 Å². The van der Waals surface area contributed by atoms with Crippen LogP contribution in [0.1, 0.15) is 174 Å². The molecule has 0 amide bonds. The van der Waals surface area contributed by atoms with Gasteiger partial charge in [-0.2, -0.15) is 0 Å². The van der Waals surface area contributed by atoms with Gasteiger partial charge in [0.1, 0.15) is 0 Å². The fourth-order valence-corrected chi connectivity index (χ4v) is 8.39. The predicted molar refractivity (Wildman–Crippen MR) is 295 cm³/mol. The van der Waals surface area contributed by atoms with Crippen molar-refractivity contribution in [3.63, 3.8) is 0 Å². The van der Waals surface area contributed by atoms with Gasteiger partial charge in [-0.15, -0.1) is 15.3 Å². The maximum absolute atomic E-state index is 12.4. The van der Waals surface area contributed by atoms with E-state index in [-0.39, 0.29) is 20.3 Å². The lowest BCUT2D eigenvalue weighted by Crippen LogP contribution is -2.32. The lowest BCUT2D eigenvalue weighted by atomic mass is 9.89. The minimum atomic E-state index is -2.13. The van der Waals surface area contributed by atoms with Gasteiger partial charge in [0, 0.05) is 46.1 Å². The Labute approximate surface area is 428 Å². The molecule has 0 saturated carbocycles. The van der Waals surface area contributed by atoms with Crippen LogP contribution in [0.15, 0.2) is 18.6 Å². The van der Waals surface area contributed by atoms with E-state index < -0.39 is 19.0 Å². The molecule has 0 aliphatic carbocycles. The summed E-state index contributed by atoms with van der Waals surface area (Å²) in [5.74, 6) is 8.65. The first-order valence-electron chi connectivity index (χ1n) is 25.6. The fraction of sp³-hybridized carbons (Fsp3) is 0.849. The van der Waals surface area contributed by atoms with Crippen molar-refractivity contribution >= 4 is 30.8 Å². The van der Waals surface area contributed by atoms with Gasteiger partial charge in [0.25, 0.3) is 0 Å². The van der Waals surface area contributed by atoms with Crippen molar-refractivity contribution in [2.75, 3.05) is 64.4 Å². The minimum absolute atomic E-state index is 0.207. The highest BCUT2D eigenvalue weighted by Crippen LogP contribution is 2.24. The molecule has 3 rings (SSSR count). The first-order chi connectivity index (χ1) is 32.0. The second kappa shape index (κ2) is 29.9. The summed E-state index contributed by atoms with van der Waals surface area (Å²) in [5, 5.41) is 25.1. The summed E-state index contributed by atoms with van der Waals surface area (Å²) in [6.07, 6.45) is 15.1. The number of aryl methyl sites for hydroxylation is 2. The smallest absolute Gasteiger partial charge is 0.0832 e. The molecule has 70 heavy (non-hydrogen) atoms. The van der Waals surface area contributed by atoms with E-state index in [1.54, 1.807) is 0 Å². The molecule has 0 aliphatic heterocycles. The second-order valence-electron chi connectivity index (χ2n) is 25.5. The summed E-state index contributed by atoms with van der Waals surface area (Å²) in [4.78, 5) is 0. The van der Waals surface area contributed by atoms with E-state index in [0.29, 0.717) is 88.3 Å². The fourth-order valence-electron chi connectivity index (χ4n) is 6.40. The number of rotatable bonds is 27. The Balaban J connectivity index is 0.000000529. The topological polar surface area (TPSA) is 163 Å². The van der Waals surface area contributed by atoms with Gasteiger partial charge < -0.3 is 18.9 Å². The average molecular weight is 1030 g/mol. The molecule has 0 aromatic carbocycles. The van der Waals surface area contributed by atoms with E-state index >= 15 is 0 Å². The molecule has 3 aromatic heterocycles. The normalized spacial score (nSPS) is 14.6. The summed E-state index contributed by atoms with van der Waals surface area (Å²) >= 11 is 0. The number of nitrogens with zero attached hydrogens (tertiary/aromatic N) is 9. The first-order valence-corrected chi connectivity index (χ1v) is 29.4. The molecular weight excluding hydrogens is 923 g/mol. The molecular formula is C53H103N9O6S2. The van der Waals surface area contributed by atoms with Gasteiger partial charge in [0.05, 0.1) is 83.0 Å². The van der Waals surface area contributed by atoms with Crippen LogP contribution in [0, 0.1) is 21.7 Å². The summed E-state index contributed by atoms with van der Waals surface area (Å²) in [5.41, 5.74) is 4.43. The molecule has 0 radical (unpaired) electrons. The highest BCUT2D eigenvalue weighted by Gasteiger charge is 2.23. The Hall–Kier alpha value is -2.70. The Morgan fingerprint density at radius 1 is 0.429 bits per heavy atom. The molecule has 0 bridgehead atoms.